The Morgan fingerprint density at radius 2 is 2.21 bits per heavy atom. The molecule has 0 radical (unpaired) electrons. The number of hydrogen-bond donors (Lipinski definition) is 1. The normalized spacial score (nSPS) is 18.6. The second-order valence-electron chi connectivity index (χ2n) is 6.17. The highest BCUT2D eigenvalue weighted by atomic mass is 16.6. The van der Waals surface area contributed by atoms with Crippen LogP contribution in [0.25, 0.3) is 6.08 Å². The third-order valence-corrected chi connectivity index (χ3v) is 4.41. The van der Waals surface area contributed by atoms with Crippen molar-refractivity contribution in [3.8, 4) is 0 Å². The van der Waals surface area contributed by atoms with Gasteiger partial charge in [0, 0.05) is 31.3 Å². The molecule has 6 nitrogen and oxygen atoms in total. The van der Waals surface area contributed by atoms with E-state index in [9.17, 15) is 14.9 Å². The van der Waals surface area contributed by atoms with Crippen molar-refractivity contribution >= 4 is 17.7 Å². The largest absolute Gasteiger partial charge is 0.353 e. The average Bonchev–Trinajstić information content (AvgIpc) is 2.58. The van der Waals surface area contributed by atoms with E-state index in [0.29, 0.717) is 18.2 Å². The van der Waals surface area contributed by atoms with Gasteiger partial charge in [0.15, 0.2) is 0 Å². The van der Waals surface area contributed by atoms with E-state index in [4.69, 9.17) is 0 Å². The minimum absolute atomic E-state index is 0.000589. The van der Waals surface area contributed by atoms with Crippen LogP contribution in [0.4, 0.5) is 5.69 Å². The topological polar surface area (TPSA) is 75.5 Å². The molecule has 130 valence electrons. The number of para-hydroxylation sites is 1. The molecule has 0 bridgehead atoms. The van der Waals surface area contributed by atoms with Gasteiger partial charge in [-0.05, 0) is 44.9 Å². The number of carbonyl (C=O) groups excluding carboxylic acids is 1. The lowest BCUT2D eigenvalue weighted by Gasteiger charge is -2.33. The number of nitrogens with zero attached hydrogens (tertiary/aromatic N) is 2. The third-order valence-electron chi connectivity index (χ3n) is 4.41. The van der Waals surface area contributed by atoms with E-state index in [1.165, 1.54) is 37.5 Å². The fourth-order valence-electron chi connectivity index (χ4n) is 3.00. The number of benzene rings is 1. The van der Waals surface area contributed by atoms with Crippen LogP contribution < -0.4 is 5.32 Å². The van der Waals surface area contributed by atoms with E-state index in [1.54, 1.807) is 18.2 Å². The summed E-state index contributed by atoms with van der Waals surface area (Å²) in [6.07, 6.45) is 7.58. The Balaban J connectivity index is 1.74. The maximum absolute atomic E-state index is 11.8. The van der Waals surface area contributed by atoms with Gasteiger partial charge in [-0.1, -0.05) is 18.6 Å². The van der Waals surface area contributed by atoms with Crippen LogP contribution in [-0.4, -0.2) is 41.4 Å². The Morgan fingerprint density at radius 3 is 2.96 bits per heavy atom. The number of hydrogen-bond acceptors (Lipinski definition) is 4. The van der Waals surface area contributed by atoms with Crippen molar-refractivity contribution in [1.29, 1.82) is 0 Å². The monoisotopic (exact) mass is 331 g/mol. The first kappa shape index (κ1) is 18.1. The molecule has 1 aromatic rings. The van der Waals surface area contributed by atoms with Gasteiger partial charge in [0.25, 0.3) is 5.69 Å². The standard InChI is InChI=1S/C18H25N3O3/c1-15-7-4-5-13-20(15)14-6-12-19-18(22)11-10-16-8-2-3-9-17(16)21(23)24/h2-3,8-11,15H,4-7,12-14H2,1H3,(H,19,22)/b11-10+/t15-/m0/s1. The Labute approximate surface area is 142 Å². The number of nitro groups is 1. The number of amides is 1. The summed E-state index contributed by atoms with van der Waals surface area (Å²) in [4.78, 5) is 24.8. The molecule has 2 rings (SSSR count). The molecule has 1 amide bonds. The van der Waals surface area contributed by atoms with Gasteiger partial charge in [-0.15, -0.1) is 0 Å². The molecule has 1 aromatic carbocycles. The molecule has 0 saturated carbocycles. The summed E-state index contributed by atoms with van der Waals surface area (Å²) in [5, 5.41) is 13.8. The van der Waals surface area contributed by atoms with Crippen LogP contribution in [0.2, 0.25) is 0 Å². The summed E-state index contributed by atoms with van der Waals surface area (Å²) in [5.41, 5.74) is 0.431. The Kier molecular flexibility index (Phi) is 6.93. The third kappa shape index (κ3) is 5.45. The Morgan fingerprint density at radius 1 is 1.42 bits per heavy atom. The molecular weight excluding hydrogens is 306 g/mol. The molecule has 6 heteroatoms. The van der Waals surface area contributed by atoms with Crippen molar-refractivity contribution < 1.29 is 9.72 Å². The summed E-state index contributed by atoms with van der Waals surface area (Å²) in [6, 6.07) is 7.01. The number of nitrogens with one attached hydrogen (secondary N) is 1. The van der Waals surface area contributed by atoms with Gasteiger partial charge in [0.2, 0.25) is 5.91 Å². The van der Waals surface area contributed by atoms with E-state index in [2.05, 4.69) is 17.1 Å². The van der Waals surface area contributed by atoms with Crippen molar-refractivity contribution in [1.82, 2.24) is 10.2 Å². The zero-order valence-electron chi connectivity index (χ0n) is 14.1. The average molecular weight is 331 g/mol. The molecule has 1 atom stereocenters. The van der Waals surface area contributed by atoms with Crippen LogP contribution in [0.1, 0.15) is 38.2 Å². The van der Waals surface area contributed by atoms with Crippen molar-refractivity contribution in [2.75, 3.05) is 19.6 Å². The predicted octanol–water partition coefficient (Wildman–Crippen LogP) is 2.99. The van der Waals surface area contributed by atoms with Crippen molar-refractivity contribution in [3.63, 3.8) is 0 Å². The van der Waals surface area contributed by atoms with Gasteiger partial charge >= 0.3 is 0 Å². The van der Waals surface area contributed by atoms with Crippen LogP contribution in [0.5, 0.6) is 0 Å². The predicted molar refractivity (Wildman–Crippen MR) is 94.6 cm³/mol. The molecule has 1 heterocycles. The summed E-state index contributed by atoms with van der Waals surface area (Å²) in [6.45, 7) is 5.01. The van der Waals surface area contributed by atoms with E-state index in [0.717, 1.165) is 19.5 Å². The van der Waals surface area contributed by atoms with E-state index >= 15 is 0 Å². The number of likely N-dealkylation sites (tertiary alicyclic amines) is 1. The second kappa shape index (κ2) is 9.17. The molecule has 1 aliphatic heterocycles. The molecule has 0 aliphatic carbocycles. The van der Waals surface area contributed by atoms with Crippen molar-refractivity contribution in [2.24, 2.45) is 0 Å². The van der Waals surface area contributed by atoms with Gasteiger partial charge in [-0.2, -0.15) is 0 Å². The molecule has 0 unspecified atom stereocenters. The first-order chi connectivity index (χ1) is 11.6. The van der Waals surface area contributed by atoms with Gasteiger partial charge < -0.3 is 10.2 Å². The summed E-state index contributed by atoms with van der Waals surface area (Å²) < 4.78 is 0. The van der Waals surface area contributed by atoms with Crippen molar-refractivity contribution in [2.45, 2.75) is 38.6 Å². The van der Waals surface area contributed by atoms with E-state index in [-0.39, 0.29) is 11.6 Å². The van der Waals surface area contributed by atoms with Crippen LogP contribution >= 0.6 is 0 Å². The van der Waals surface area contributed by atoms with Gasteiger partial charge in [-0.25, -0.2) is 0 Å². The molecular formula is C18H25N3O3. The summed E-state index contributed by atoms with van der Waals surface area (Å²) in [5.74, 6) is -0.222. The van der Waals surface area contributed by atoms with Crippen LogP contribution in [0, 0.1) is 10.1 Å². The van der Waals surface area contributed by atoms with Crippen LogP contribution in [0.3, 0.4) is 0 Å². The smallest absolute Gasteiger partial charge is 0.276 e. The number of rotatable bonds is 7. The second-order valence-corrected chi connectivity index (χ2v) is 6.17. The molecule has 0 spiro atoms. The molecule has 1 saturated heterocycles. The summed E-state index contributed by atoms with van der Waals surface area (Å²) in [7, 11) is 0. The van der Waals surface area contributed by atoms with Crippen LogP contribution in [-0.2, 0) is 4.79 Å². The quantitative estimate of drug-likeness (QED) is 0.361. The SMILES string of the molecule is C[C@H]1CCCCN1CCCNC(=O)/C=C/c1ccccc1[N+](=O)[O-]. The Hall–Kier alpha value is -2.21. The first-order valence-electron chi connectivity index (χ1n) is 8.51. The molecule has 1 fully saturated rings. The highest BCUT2D eigenvalue weighted by molar-refractivity contribution is 5.92. The summed E-state index contributed by atoms with van der Waals surface area (Å²) >= 11 is 0. The lowest BCUT2D eigenvalue weighted by atomic mass is 10.0. The highest BCUT2D eigenvalue weighted by Crippen LogP contribution is 2.19. The number of nitro benzene ring substituents is 1. The molecule has 1 N–H and O–H groups in total. The van der Waals surface area contributed by atoms with E-state index < -0.39 is 4.92 Å². The van der Waals surface area contributed by atoms with Crippen molar-refractivity contribution in [3.05, 3.63) is 46.0 Å². The highest BCUT2D eigenvalue weighted by Gasteiger charge is 2.17. The van der Waals surface area contributed by atoms with Gasteiger partial charge in [0.1, 0.15) is 0 Å². The molecule has 1 aliphatic rings. The fourth-order valence-corrected chi connectivity index (χ4v) is 3.00. The lowest BCUT2D eigenvalue weighted by molar-refractivity contribution is -0.385. The van der Waals surface area contributed by atoms with Crippen LogP contribution in [0.15, 0.2) is 30.3 Å². The minimum atomic E-state index is -0.447. The zero-order chi connectivity index (χ0) is 17.4. The number of carbonyl (C=O) groups is 1. The van der Waals surface area contributed by atoms with Gasteiger partial charge in [0.05, 0.1) is 10.5 Å². The Bertz CT molecular complexity index is 601. The zero-order valence-corrected chi connectivity index (χ0v) is 14.1. The van der Waals surface area contributed by atoms with Gasteiger partial charge in [-0.3, -0.25) is 14.9 Å². The molecule has 0 aromatic heterocycles. The van der Waals surface area contributed by atoms with E-state index in [1.807, 2.05) is 0 Å². The first-order valence-corrected chi connectivity index (χ1v) is 8.51. The lowest BCUT2D eigenvalue weighted by Crippen LogP contribution is -2.39. The molecule has 24 heavy (non-hydrogen) atoms. The minimum Gasteiger partial charge on any atom is -0.353 e. The maximum atomic E-state index is 11.8. The maximum Gasteiger partial charge on any atom is 0.276 e. The fraction of sp³-hybridized carbons (Fsp3) is 0.500. The number of piperidine rings is 1.